The molecule has 0 radical (unpaired) electrons. The van der Waals surface area contributed by atoms with Gasteiger partial charge in [0.05, 0.1) is 16.8 Å². The number of amides is 1. The molecule has 0 atom stereocenters. The fourth-order valence-corrected chi connectivity index (χ4v) is 2.89. The molecule has 0 aromatic carbocycles. The average Bonchev–Trinajstić information content (AvgIpc) is 2.72. The quantitative estimate of drug-likeness (QED) is 0.787. The summed E-state index contributed by atoms with van der Waals surface area (Å²) < 4.78 is 6.05. The van der Waals surface area contributed by atoms with Gasteiger partial charge in [0.2, 0.25) is 5.91 Å². The van der Waals surface area contributed by atoms with E-state index in [1.807, 2.05) is 19.2 Å². The van der Waals surface area contributed by atoms with Crippen molar-refractivity contribution in [2.24, 2.45) is 0 Å². The molecule has 0 saturated carbocycles. The number of carbonyl (C=O) groups is 1. The molecular weight excluding hydrogens is 316 g/mol. The van der Waals surface area contributed by atoms with Crippen LogP contribution in [-0.2, 0) is 16.0 Å². The summed E-state index contributed by atoms with van der Waals surface area (Å²) in [5.41, 5.74) is 0. The number of halogens is 1. The molecule has 1 heterocycles. The summed E-state index contributed by atoms with van der Waals surface area (Å²) in [6.07, 6.45) is 0.456. The molecule has 102 valence electrons. The number of rotatable bonds is 8. The lowest BCUT2D eigenvalue weighted by Gasteiger charge is -2.15. The predicted molar refractivity (Wildman–Crippen MR) is 78.1 cm³/mol. The van der Waals surface area contributed by atoms with Crippen LogP contribution in [0.2, 0.25) is 0 Å². The fraction of sp³-hybridized carbons (Fsp3) is 0.583. The Morgan fingerprint density at radius 3 is 2.89 bits per heavy atom. The van der Waals surface area contributed by atoms with Crippen LogP contribution in [0.25, 0.3) is 0 Å². The van der Waals surface area contributed by atoms with E-state index in [0.717, 1.165) is 21.8 Å². The molecule has 4 nitrogen and oxygen atoms in total. The Hall–Kier alpha value is -0.430. The summed E-state index contributed by atoms with van der Waals surface area (Å²) in [4.78, 5) is 14.9. The monoisotopic (exact) mass is 334 g/mol. The zero-order valence-electron chi connectivity index (χ0n) is 10.7. The lowest BCUT2D eigenvalue weighted by Crippen LogP contribution is -2.34. The number of hydrogen-bond acceptors (Lipinski definition) is 4. The first-order chi connectivity index (χ1) is 8.61. The second kappa shape index (κ2) is 8.63. The summed E-state index contributed by atoms with van der Waals surface area (Å²) in [5.74, 6) is 0.0736. The lowest BCUT2D eigenvalue weighted by molar-refractivity contribution is -0.120. The standard InChI is InChI=1S/C12H19BrN2O2S/c1-15(7-8-17-2)6-5-14-12(16)9-10-3-4-11(13)18-10/h3-4H,5-9H2,1-2H3,(H,14,16). The highest BCUT2D eigenvalue weighted by Crippen LogP contribution is 2.22. The first-order valence-corrected chi connectivity index (χ1v) is 7.41. The second-order valence-electron chi connectivity index (χ2n) is 4.03. The van der Waals surface area contributed by atoms with E-state index in [-0.39, 0.29) is 5.91 Å². The highest BCUT2D eigenvalue weighted by Gasteiger charge is 2.05. The van der Waals surface area contributed by atoms with Crippen LogP contribution in [0.3, 0.4) is 0 Å². The normalized spacial score (nSPS) is 10.9. The molecule has 0 fully saturated rings. The maximum Gasteiger partial charge on any atom is 0.225 e. The number of methoxy groups -OCH3 is 1. The van der Waals surface area contributed by atoms with E-state index in [9.17, 15) is 4.79 Å². The summed E-state index contributed by atoms with van der Waals surface area (Å²) in [7, 11) is 3.70. The molecule has 1 N–H and O–H groups in total. The van der Waals surface area contributed by atoms with Crippen molar-refractivity contribution < 1.29 is 9.53 Å². The van der Waals surface area contributed by atoms with Crippen molar-refractivity contribution >= 4 is 33.2 Å². The van der Waals surface area contributed by atoms with Gasteiger partial charge < -0.3 is 15.0 Å². The smallest absolute Gasteiger partial charge is 0.225 e. The number of nitrogens with zero attached hydrogens (tertiary/aromatic N) is 1. The third-order valence-electron chi connectivity index (χ3n) is 2.46. The van der Waals surface area contributed by atoms with Crippen LogP contribution < -0.4 is 5.32 Å². The molecule has 1 aromatic rings. The van der Waals surface area contributed by atoms with E-state index in [2.05, 4.69) is 26.1 Å². The van der Waals surface area contributed by atoms with E-state index in [0.29, 0.717) is 19.6 Å². The minimum absolute atomic E-state index is 0.0736. The minimum Gasteiger partial charge on any atom is -0.383 e. The van der Waals surface area contributed by atoms with Gasteiger partial charge in [-0.15, -0.1) is 11.3 Å². The molecule has 0 unspecified atom stereocenters. The number of likely N-dealkylation sites (N-methyl/N-ethyl adjacent to an activating group) is 1. The van der Waals surface area contributed by atoms with Crippen molar-refractivity contribution in [2.45, 2.75) is 6.42 Å². The topological polar surface area (TPSA) is 41.6 Å². The van der Waals surface area contributed by atoms with Crippen molar-refractivity contribution in [3.63, 3.8) is 0 Å². The molecule has 18 heavy (non-hydrogen) atoms. The molecule has 0 aliphatic rings. The highest BCUT2D eigenvalue weighted by atomic mass is 79.9. The number of carbonyl (C=O) groups excluding carboxylic acids is 1. The Bertz CT molecular complexity index is 371. The van der Waals surface area contributed by atoms with Crippen molar-refractivity contribution in [1.29, 1.82) is 0 Å². The fourth-order valence-electron chi connectivity index (χ4n) is 1.41. The molecule has 1 amide bonds. The molecule has 0 aliphatic carbocycles. The van der Waals surface area contributed by atoms with Gasteiger partial charge in [-0.05, 0) is 35.1 Å². The van der Waals surface area contributed by atoms with Crippen LogP contribution in [0.1, 0.15) is 4.88 Å². The van der Waals surface area contributed by atoms with Crippen LogP contribution in [0.15, 0.2) is 15.9 Å². The van der Waals surface area contributed by atoms with Gasteiger partial charge in [-0.3, -0.25) is 4.79 Å². The summed E-state index contributed by atoms with van der Waals surface area (Å²) in [6.45, 7) is 3.10. The SMILES string of the molecule is COCCN(C)CCNC(=O)Cc1ccc(Br)s1. The minimum atomic E-state index is 0.0736. The van der Waals surface area contributed by atoms with Crippen LogP contribution in [0.5, 0.6) is 0 Å². The summed E-state index contributed by atoms with van der Waals surface area (Å²) >= 11 is 4.98. The zero-order valence-corrected chi connectivity index (χ0v) is 13.1. The Kier molecular flexibility index (Phi) is 7.50. The number of ether oxygens (including phenoxy) is 1. The largest absolute Gasteiger partial charge is 0.383 e. The Morgan fingerprint density at radius 2 is 2.28 bits per heavy atom. The zero-order chi connectivity index (χ0) is 13.4. The predicted octanol–water partition coefficient (Wildman–Crippen LogP) is 1.75. The van der Waals surface area contributed by atoms with Crippen molar-refractivity contribution in [3.8, 4) is 0 Å². The van der Waals surface area contributed by atoms with Gasteiger partial charge >= 0.3 is 0 Å². The Labute approximate surface area is 120 Å². The molecule has 0 saturated heterocycles. The van der Waals surface area contributed by atoms with Gasteiger partial charge in [0.1, 0.15) is 0 Å². The highest BCUT2D eigenvalue weighted by molar-refractivity contribution is 9.11. The maximum atomic E-state index is 11.7. The van der Waals surface area contributed by atoms with Gasteiger partial charge in [-0.1, -0.05) is 0 Å². The maximum absolute atomic E-state index is 11.7. The van der Waals surface area contributed by atoms with E-state index < -0.39 is 0 Å². The Balaban J connectivity index is 2.13. The van der Waals surface area contributed by atoms with Gasteiger partial charge in [-0.2, -0.15) is 0 Å². The number of hydrogen-bond donors (Lipinski definition) is 1. The summed E-state index contributed by atoms with van der Waals surface area (Å²) in [6, 6.07) is 3.94. The van der Waals surface area contributed by atoms with Crippen LogP contribution >= 0.6 is 27.3 Å². The van der Waals surface area contributed by atoms with E-state index in [1.54, 1.807) is 18.4 Å². The molecule has 1 rings (SSSR count). The van der Waals surface area contributed by atoms with Crippen molar-refractivity contribution in [3.05, 3.63) is 20.8 Å². The van der Waals surface area contributed by atoms with Gasteiger partial charge in [0.25, 0.3) is 0 Å². The van der Waals surface area contributed by atoms with Gasteiger partial charge in [0, 0.05) is 31.6 Å². The van der Waals surface area contributed by atoms with Crippen molar-refractivity contribution in [2.75, 3.05) is 40.4 Å². The molecule has 0 spiro atoms. The Morgan fingerprint density at radius 1 is 1.50 bits per heavy atom. The molecule has 0 bridgehead atoms. The molecule has 0 aliphatic heterocycles. The van der Waals surface area contributed by atoms with E-state index >= 15 is 0 Å². The van der Waals surface area contributed by atoms with Gasteiger partial charge in [0.15, 0.2) is 0 Å². The molecule has 1 aromatic heterocycles. The lowest BCUT2D eigenvalue weighted by atomic mass is 10.3. The van der Waals surface area contributed by atoms with Crippen molar-refractivity contribution in [1.82, 2.24) is 10.2 Å². The average molecular weight is 335 g/mol. The van der Waals surface area contributed by atoms with E-state index in [4.69, 9.17) is 4.74 Å². The third kappa shape index (κ3) is 6.49. The van der Waals surface area contributed by atoms with Crippen LogP contribution in [-0.4, -0.2) is 51.2 Å². The van der Waals surface area contributed by atoms with Gasteiger partial charge in [-0.25, -0.2) is 0 Å². The molecule has 6 heteroatoms. The number of thiophene rings is 1. The molecular formula is C12H19BrN2O2S. The van der Waals surface area contributed by atoms with Crippen LogP contribution in [0, 0.1) is 0 Å². The first-order valence-electron chi connectivity index (χ1n) is 5.80. The second-order valence-corrected chi connectivity index (χ2v) is 6.58. The van der Waals surface area contributed by atoms with E-state index in [1.165, 1.54) is 0 Å². The number of nitrogens with one attached hydrogen (secondary N) is 1. The summed E-state index contributed by atoms with van der Waals surface area (Å²) in [5, 5.41) is 2.92. The third-order valence-corrected chi connectivity index (χ3v) is 4.08. The van der Waals surface area contributed by atoms with Crippen LogP contribution in [0.4, 0.5) is 0 Å². The first kappa shape index (κ1) is 15.6.